The molecule has 1 rings (SSSR count). The van der Waals surface area contributed by atoms with Crippen LogP contribution in [0, 0.1) is 5.92 Å². The van der Waals surface area contributed by atoms with Crippen LogP contribution in [0.1, 0.15) is 27.2 Å². The van der Waals surface area contributed by atoms with Gasteiger partial charge in [0.05, 0.1) is 12.7 Å². The maximum absolute atomic E-state index is 9.72. The van der Waals surface area contributed by atoms with Gasteiger partial charge < -0.3 is 15.5 Å². The molecular formula is C12H26N2O2. The summed E-state index contributed by atoms with van der Waals surface area (Å²) < 4.78 is 0. The molecule has 3 atom stereocenters. The number of aliphatic hydroxyl groups is 2. The SMILES string of the molecule is CC(O)C1CC(NCCO)CN(C(C)C)C1. The van der Waals surface area contributed by atoms with E-state index in [0.29, 0.717) is 24.5 Å². The zero-order valence-electron chi connectivity index (χ0n) is 10.7. The topological polar surface area (TPSA) is 55.7 Å². The third-order valence-corrected chi connectivity index (χ3v) is 3.47. The Morgan fingerprint density at radius 2 is 2.00 bits per heavy atom. The van der Waals surface area contributed by atoms with Crippen LogP contribution in [0.5, 0.6) is 0 Å². The molecule has 1 aliphatic rings. The summed E-state index contributed by atoms with van der Waals surface area (Å²) in [5.41, 5.74) is 0. The molecule has 1 saturated heterocycles. The molecule has 96 valence electrons. The molecule has 1 heterocycles. The summed E-state index contributed by atoms with van der Waals surface area (Å²) in [6, 6.07) is 0.905. The van der Waals surface area contributed by atoms with Gasteiger partial charge in [0, 0.05) is 31.7 Å². The smallest absolute Gasteiger partial charge is 0.0556 e. The molecule has 0 saturated carbocycles. The van der Waals surface area contributed by atoms with Crippen molar-refractivity contribution in [1.82, 2.24) is 10.2 Å². The summed E-state index contributed by atoms with van der Waals surface area (Å²) in [4.78, 5) is 2.40. The van der Waals surface area contributed by atoms with E-state index in [2.05, 4.69) is 24.1 Å². The second-order valence-corrected chi connectivity index (χ2v) is 5.16. The summed E-state index contributed by atoms with van der Waals surface area (Å²) >= 11 is 0. The molecule has 1 aliphatic heterocycles. The molecule has 4 nitrogen and oxygen atoms in total. The minimum absolute atomic E-state index is 0.178. The number of nitrogens with zero attached hydrogens (tertiary/aromatic N) is 1. The zero-order valence-corrected chi connectivity index (χ0v) is 10.7. The van der Waals surface area contributed by atoms with Crippen molar-refractivity contribution >= 4 is 0 Å². The van der Waals surface area contributed by atoms with Gasteiger partial charge in [0.25, 0.3) is 0 Å². The number of rotatable bonds is 5. The number of likely N-dealkylation sites (tertiary alicyclic amines) is 1. The normalized spacial score (nSPS) is 29.6. The maximum atomic E-state index is 9.72. The molecule has 0 aromatic rings. The van der Waals surface area contributed by atoms with Crippen LogP contribution in [0.25, 0.3) is 0 Å². The van der Waals surface area contributed by atoms with Gasteiger partial charge in [-0.15, -0.1) is 0 Å². The summed E-state index contributed by atoms with van der Waals surface area (Å²) in [6.45, 7) is 9.06. The highest BCUT2D eigenvalue weighted by Gasteiger charge is 2.30. The minimum Gasteiger partial charge on any atom is -0.395 e. The fraction of sp³-hybridized carbons (Fsp3) is 1.00. The van der Waals surface area contributed by atoms with Crippen LogP contribution in [0.3, 0.4) is 0 Å². The standard InChI is InChI=1S/C12H26N2O2/c1-9(2)14-7-11(10(3)16)6-12(8-14)13-4-5-15/h9-13,15-16H,4-8H2,1-3H3. The Morgan fingerprint density at radius 1 is 1.31 bits per heavy atom. The van der Waals surface area contributed by atoms with Gasteiger partial charge in [-0.2, -0.15) is 0 Å². The van der Waals surface area contributed by atoms with Gasteiger partial charge in [0.15, 0.2) is 0 Å². The second-order valence-electron chi connectivity index (χ2n) is 5.16. The van der Waals surface area contributed by atoms with E-state index >= 15 is 0 Å². The number of hydrogen-bond acceptors (Lipinski definition) is 4. The molecule has 1 fully saturated rings. The Morgan fingerprint density at radius 3 is 2.50 bits per heavy atom. The van der Waals surface area contributed by atoms with Crippen molar-refractivity contribution in [3.8, 4) is 0 Å². The Hall–Kier alpha value is -0.160. The van der Waals surface area contributed by atoms with Crippen molar-refractivity contribution in [3.05, 3.63) is 0 Å². The van der Waals surface area contributed by atoms with Gasteiger partial charge in [0.1, 0.15) is 0 Å². The first kappa shape index (κ1) is 13.9. The Bertz CT molecular complexity index is 181. The summed E-state index contributed by atoms with van der Waals surface area (Å²) in [5.74, 6) is 0.340. The molecular weight excluding hydrogens is 204 g/mol. The van der Waals surface area contributed by atoms with E-state index in [1.165, 1.54) is 0 Å². The quantitative estimate of drug-likeness (QED) is 0.624. The van der Waals surface area contributed by atoms with Crippen LogP contribution in [-0.2, 0) is 0 Å². The summed E-state index contributed by atoms with van der Waals surface area (Å²) in [7, 11) is 0. The van der Waals surface area contributed by atoms with Gasteiger partial charge in [-0.1, -0.05) is 0 Å². The fourth-order valence-corrected chi connectivity index (χ4v) is 2.36. The largest absolute Gasteiger partial charge is 0.395 e. The Kier molecular flexibility index (Phi) is 5.69. The first-order valence-corrected chi connectivity index (χ1v) is 6.31. The lowest BCUT2D eigenvalue weighted by Crippen LogP contribution is -2.53. The Balaban J connectivity index is 2.52. The van der Waals surface area contributed by atoms with E-state index in [1.807, 2.05) is 6.92 Å². The fourth-order valence-electron chi connectivity index (χ4n) is 2.36. The molecule has 0 aromatic carbocycles. The van der Waals surface area contributed by atoms with E-state index in [0.717, 1.165) is 19.5 Å². The van der Waals surface area contributed by atoms with Crippen LogP contribution in [0.15, 0.2) is 0 Å². The maximum Gasteiger partial charge on any atom is 0.0556 e. The van der Waals surface area contributed by atoms with E-state index < -0.39 is 0 Å². The molecule has 0 amide bonds. The average molecular weight is 230 g/mol. The molecule has 3 N–H and O–H groups in total. The monoisotopic (exact) mass is 230 g/mol. The van der Waals surface area contributed by atoms with Gasteiger partial charge in [-0.25, -0.2) is 0 Å². The van der Waals surface area contributed by atoms with Gasteiger partial charge in [-0.3, -0.25) is 4.90 Å². The first-order valence-electron chi connectivity index (χ1n) is 6.31. The van der Waals surface area contributed by atoms with Crippen LogP contribution in [-0.4, -0.2) is 59.5 Å². The summed E-state index contributed by atoms with van der Waals surface area (Å²) in [5, 5.41) is 21.9. The van der Waals surface area contributed by atoms with E-state index in [9.17, 15) is 5.11 Å². The molecule has 0 aliphatic carbocycles. The predicted molar refractivity (Wildman–Crippen MR) is 65.4 cm³/mol. The predicted octanol–water partition coefficient (Wildman–Crippen LogP) is 0.0480. The average Bonchev–Trinajstić information content (AvgIpc) is 2.25. The third kappa shape index (κ3) is 4.01. The number of nitrogens with one attached hydrogen (secondary N) is 1. The summed E-state index contributed by atoms with van der Waals surface area (Å²) in [6.07, 6.45) is 0.751. The molecule has 0 aromatic heterocycles. The number of piperidine rings is 1. The van der Waals surface area contributed by atoms with Gasteiger partial charge >= 0.3 is 0 Å². The van der Waals surface area contributed by atoms with Crippen molar-refractivity contribution in [2.24, 2.45) is 5.92 Å². The van der Waals surface area contributed by atoms with Crippen LogP contribution >= 0.6 is 0 Å². The highest BCUT2D eigenvalue weighted by molar-refractivity contribution is 4.86. The van der Waals surface area contributed by atoms with E-state index in [1.54, 1.807) is 0 Å². The third-order valence-electron chi connectivity index (χ3n) is 3.47. The lowest BCUT2D eigenvalue weighted by atomic mass is 9.89. The number of aliphatic hydroxyl groups excluding tert-OH is 2. The molecule has 0 spiro atoms. The lowest BCUT2D eigenvalue weighted by Gasteiger charge is -2.41. The zero-order chi connectivity index (χ0) is 12.1. The van der Waals surface area contributed by atoms with Crippen molar-refractivity contribution < 1.29 is 10.2 Å². The minimum atomic E-state index is -0.250. The molecule has 4 heteroatoms. The number of hydrogen-bond donors (Lipinski definition) is 3. The van der Waals surface area contributed by atoms with Crippen LogP contribution in [0.4, 0.5) is 0 Å². The molecule has 0 bridgehead atoms. The van der Waals surface area contributed by atoms with Crippen molar-refractivity contribution in [2.45, 2.75) is 45.4 Å². The first-order chi connectivity index (χ1) is 7.54. The highest BCUT2D eigenvalue weighted by Crippen LogP contribution is 2.21. The Labute approximate surface area is 98.6 Å². The van der Waals surface area contributed by atoms with Crippen LogP contribution in [0.2, 0.25) is 0 Å². The lowest BCUT2D eigenvalue weighted by molar-refractivity contribution is 0.0349. The van der Waals surface area contributed by atoms with Crippen molar-refractivity contribution in [3.63, 3.8) is 0 Å². The van der Waals surface area contributed by atoms with Gasteiger partial charge in [0.2, 0.25) is 0 Å². The molecule has 0 radical (unpaired) electrons. The van der Waals surface area contributed by atoms with Crippen molar-refractivity contribution in [1.29, 1.82) is 0 Å². The highest BCUT2D eigenvalue weighted by atomic mass is 16.3. The van der Waals surface area contributed by atoms with E-state index in [-0.39, 0.29) is 12.7 Å². The van der Waals surface area contributed by atoms with Gasteiger partial charge in [-0.05, 0) is 33.1 Å². The van der Waals surface area contributed by atoms with Crippen molar-refractivity contribution in [2.75, 3.05) is 26.2 Å². The second kappa shape index (κ2) is 6.55. The molecule has 3 unspecified atom stereocenters. The van der Waals surface area contributed by atoms with Crippen LogP contribution < -0.4 is 5.32 Å². The molecule has 16 heavy (non-hydrogen) atoms. The van der Waals surface area contributed by atoms with E-state index in [4.69, 9.17) is 5.11 Å².